The fraction of sp³-hybridized carbons (Fsp3) is 0.238. The van der Waals surface area contributed by atoms with Crippen LogP contribution < -0.4 is 10.9 Å². The van der Waals surface area contributed by atoms with E-state index in [1.165, 1.54) is 16.8 Å². The standard InChI is InChI=1S/C21H20N4O5/c26-19(24-9-11-29-12-10-24)16-7-4-8-25-18(16)22-13-17(20(25)27)23-21(28)30-14-15-5-2-1-3-6-15/h1-8,13H,9-12,14H2,(H,23,28). The minimum Gasteiger partial charge on any atom is -0.444 e. The zero-order valence-electron chi connectivity index (χ0n) is 16.1. The number of ether oxygens (including phenoxy) is 2. The molecular weight excluding hydrogens is 388 g/mol. The van der Waals surface area contributed by atoms with Crippen molar-refractivity contribution in [1.82, 2.24) is 14.3 Å². The van der Waals surface area contributed by atoms with E-state index in [1.807, 2.05) is 30.3 Å². The maximum absolute atomic E-state index is 12.8. The van der Waals surface area contributed by atoms with Gasteiger partial charge in [-0.2, -0.15) is 0 Å². The van der Waals surface area contributed by atoms with Gasteiger partial charge in [0.1, 0.15) is 12.3 Å². The van der Waals surface area contributed by atoms with Crippen LogP contribution in [0.15, 0.2) is 59.7 Å². The second kappa shape index (κ2) is 8.75. The highest BCUT2D eigenvalue weighted by Crippen LogP contribution is 2.13. The third-order valence-electron chi connectivity index (χ3n) is 4.71. The lowest BCUT2D eigenvalue weighted by Gasteiger charge is -2.27. The second-order valence-corrected chi connectivity index (χ2v) is 6.68. The van der Waals surface area contributed by atoms with Gasteiger partial charge >= 0.3 is 6.09 Å². The van der Waals surface area contributed by atoms with Crippen molar-refractivity contribution < 1.29 is 19.1 Å². The van der Waals surface area contributed by atoms with Crippen molar-refractivity contribution in [2.75, 3.05) is 31.6 Å². The number of hydrogen-bond donors (Lipinski definition) is 1. The summed E-state index contributed by atoms with van der Waals surface area (Å²) < 4.78 is 11.7. The van der Waals surface area contributed by atoms with E-state index in [2.05, 4.69) is 10.3 Å². The number of nitrogens with one attached hydrogen (secondary N) is 1. The number of rotatable bonds is 4. The van der Waals surface area contributed by atoms with Gasteiger partial charge in [-0.25, -0.2) is 9.78 Å². The summed E-state index contributed by atoms with van der Waals surface area (Å²) in [6, 6.07) is 12.4. The van der Waals surface area contributed by atoms with Crippen LogP contribution in [0.2, 0.25) is 0 Å². The Morgan fingerprint density at radius 1 is 1.10 bits per heavy atom. The number of amides is 2. The quantitative estimate of drug-likeness (QED) is 0.708. The highest BCUT2D eigenvalue weighted by molar-refractivity contribution is 6.00. The molecule has 0 radical (unpaired) electrons. The van der Waals surface area contributed by atoms with Crippen molar-refractivity contribution in [3.05, 3.63) is 76.3 Å². The minimum atomic E-state index is -0.766. The van der Waals surface area contributed by atoms with Crippen molar-refractivity contribution >= 4 is 23.3 Å². The van der Waals surface area contributed by atoms with E-state index in [-0.39, 0.29) is 23.8 Å². The first-order chi connectivity index (χ1) is 14.6. The fourth-order valence-corrected chi connectivity index (χ4v) is 3.17. The highest BCUT2D eigenvalue weighted by Gasteiger charge is 2.22. The van der Waals surface area contributed by atoms with Gasteiger partial charge in [-0.15, -0.1) is 0 Å². The SMILES string of the molecule is O=C(Nc1cnc2c(C(=O)N3CCOCC3)cccn2c1=O)OCc1ccccc1. The van der Waals surface area contributed by atoms with Crippen molar-refractivity contribution in [3.63, 3.8) is 0 Å². The average Bonchev–Trinajstić information content (AvgIpc) is 2.80. The van der Waals surface area contributed by atoms with E-state index in [4.69, 9.17) is 9.47 Å². The number of carbonyl (C=O) groups is 2. The molecule has 1 aromatic carbocycles. The Balaban J connectivity index is 1.53. The number of nitrogens with zero attached hydrogens (tertiary/aromatic N) is 3. The van der Waals surface area contributed by atoms with Crippen molar-refractivity contribution in [2.45, 2.75) is 6.61 Å². The van der Waals surface area contributed by atoms with Crippen molar-refractivity contribution in [2.24, 2.45) is 0 Å². The van der Waals surface area contributed by atoms with Gasteiger partial charge in [-0.3, -0.25) is 19.3 Å². The molecule has 2 aromatic heterocycles. The van der Waals surface area contributed by atoms with Gasteiger partial charge in [0.25, 0.3) is 11.5 Å². The number of aromatic nitrogens is 2. The monoisotopic (exact) mass is 408 g/mol. The summed E-state index contributed by atoms with van der Waals surface area (Å²) in [5.74, 6) is -0.216. The summed E-state index contributed by atoms with van der Waals surface area (Å²) >= 11 is 0. The lowest BCUT2D eigenvalue weighted by atomic mass is 10.2. The number of anilines is 1. The average molecular weight is 408 g/mol. The normalized spacial score (nSPS) is 13.8. The van der Waals surface area contributed by atoms with E-state index in [1.54, 1.807) is 17.0 Å². The Hall–Kier alpha value is -3.72. The molecule has 1 saturated heterocycles. The third kappa shape index (κ3) is 4.15. The number of pyridine rings is 1. The van der Waals surface area contributed by atoms with Crippen LogP contribution in [0, 0.1) is 0 Å². The predicted octanol–water partition coefficient (Wildman–Crippen LogP) is 1.92. The van der Waals surface area contributed by atoms with Crippen LogP contribution in [0.5, 0.6) is 0 Å². The first-order valence-electron chi connectivity index (χ1n) is 9.48. The molecule has 3 aromatic rings. The summed E-state index contributed by atoms with van der Waals surface area (Å²) in [5, 5.41) is 2.42. The van der Waals surface area contributed by atoms with E-state index >= 15 is 0 Å². The molecule has 1 aliphatic heterocycles. The maximum Gasteiger partial charge on any atom is 0.412 e. The van der Waals surface area contributed by atoms with Crippen molar-refractivity contribution in [1.29, 1.82) is 0 Å². The molecule has 154 valence electrons. The molecule has 0 saturated carbocycles. The van der Waals surface area contributed by atoms with Crippen LogP contribution in [0.4, 0.5) is 10.5 Å². The molecule has 0 bridgehead atoms. The van der Waals surface area contributed by atoms with E-state index < -0.39 is 11.7 Å². The lowest BCUT2D eigenvalue weighted by Crippen LogP contribution is -2.41. The molecule has 0 unspecified atom stereocenters. The molecule has 1 fully saturated rings. The number of fused-ring (bicyclic) bond motifs is 1. The molecule has 4 rings (SSSR count). The van der Waals surface area contributed by atoms with Gasteiger partial charge < -0.3 is 14.4 Å². The first-order valence-corrected chi connectivity index (χ1v) is 9.48. The third-order valence-corrected chi connectivity index (χ3v) is 4.71. The largest absolute Gasteiger partial charge is 0.444 e. The smallest absolute Gasteiger partial charge is 0.412 e. The Morgan fingerprint density at radius 3 is 2.63 bits per heavy atom. The zero-order valence-corrected chi connectivity index (χ0v) is 16.1. The summed E-state index contributed by atoms with van der Waals surface area (Å²) in [6.45, 7) is 1.99. The van der Waals surface area contributed by atoms with Gasteiger partial charge in [0.05, 0.1) is 25.0 Å². The summed E-state index contributed by atoms with van der Waals surface area (Å²) in [6.07, 6.45) is 1.97. The predicted molar refractivity (Wildman–Crippen MR) is 108 cm³/mol. The topological polar surface area (TPSA) is 102 Å². The molecule has 3 heterocycles. The van der Waals surface area contributed by atoms with E-state index in [0.29, 0.717) is 31.9 Å². The Bertz CT molecular complexity index is 1120. The summed E-state index contributed by atoms with van der Waals surface area (Å²) in [5.41, 5.74) is 0.819. The van der Waals surface area contributed by atoms with E-state index in [9.17, 15) is 14.4 Å². The minimum absolute atomic E-state index is 0.0402. The molecule has 1 N–H and O–H groups in total. The van der Waals surface area contributed by atoms with Gasteiger partial charge in [-0.1, -0.05) is 30.3 Å². The van der Waals surface area contributed by atoms with Crippen LogP contribution in [-0.4, -0.2) is 52.6 Å². The number of hydrogen-bond acceptors (Lipinski definition) is 6. The molecule has 9 nitrogen and oxygen atoms in total. The Kier molecular flexibility index (Phi) is 5.71. The molecular formula is C21H20N4O5. The number of carbonyl (C=O) groups excluding carboxylic acids is 2. The Morgan fingerprint density at radius 2 is 1.87 bits per heavy atom. The van der Waals surface area contributed by atoms with Gasteiger partial charge in [0.2, 0.25) is 0 Å². The molecule has 2 amide bonds. The first kappa shape index (κ1) is 19.6. The van der Waals surface area contributed by atoms with Crippen LogP contribution in [0.25, 0.3) is 5.65 Å². The van der Waals surface area contributed by atoms with Crippen LogP contribution in [0.1, 0.15) is 15.9 Å². The number of morpholine rings is 1. The van der Waals surface area contributed by atoms with Gasteiger partial charge in [0.15, 0.2) is 5.65 Å². The maximum atomic E-state index is 12.8. The number of benzene rings is 1. The Labute approximate surface area is 171 Å². The van der Waals surface area contributed by atoms with Crippen molar-refractivity contribution in [3.8, 4) is 0 Å². The second-order valence-electron chi connectivity index (χ2n) is 6.68. The van der Waals surface area contributed by atoms with Gasteiger partial charge in [-0.05, 0) is 17.7 Å². The summed E-state index contributed by atoms with van der Waals surface area (Å²) in [4.78, 5) is 43.6. The summed E-state index contributed by atoms with van der Waals surface area (Å²) in [7, 11) is 0. The molecule has 1 aliphatic rings. The molecule has 0 aliphatic carbocycles. The molecule has 9 heteroatoms. The molecule has 30 heavy (non-hydrogen) atoms. The van der Waals surface area contributed by atoms with E-state index in [0.717, 1.165) is 5.56 Å². The highest BCUT2D eigenvalue weighted by atomic mass is 16.5. The molecule has 0 atom stereocenters. The molecule has 0 spiro atoms. The van der Waals surface area contributed by atoms with Crippen LogP contribution >= 0.6 is 0 Å². The zero-order chi connectivity index (χ0) is 20.9. The fourth-order valence-electron chi connectivity index (χ4n) is 3.17. The lowest BCUT2D eigenvalue weighted by molar-refractivity contribution is 0.0303. The van der Waals surface area contributed by atoms with Crippen LogP contribution in [-0.2, 0) is 16.1 Å². The van der Waals surface area contributed by atoms with Gasteiger partial charge in [0, 0.05) is 19.3 Å². The van der Waals surface area contributed by atoms with Crippen LogP contribution in [0.3, 0.4) is 0 Å².